The van der Waals surface area contributed by atoms with Gasteiger partial charge in [0.1, 0.15) is 5.75 Å². The van der Waals surface area contributed by atoms with E-state index in [1.165, 1.54) is 0 Å². The van der Waals surface area contributed by atoms with Crippen LogP contribution in [0.15, 0.2) is 24.3 Å². The SMILES string of the molecule is CC(C)COc1ccc(C(C)(C)CNC(=O)CN)cc1.Cl. The molecule has 0 unspecified atom stereocenters. The molecule has 0 fully saturated rings. The molecule has 0 radical (unpaired) electrons. The van der Waals surface area contributed by atoms with Gasteiger partial charge in [-0.3, -0.25) is 4.79 Å². The smallest absolute Gasteiger partial charge is 0.233 e. The van der Waals surface area contributed by atoms with E-state index in [0.29, 0.717) is 12.5 Å². The molecule has 0 aromatic heterocycles. The minimum atomic E-state index is -0.137. The quantitative estimate of drug-likeness (QED) is 0.812. The van der Waals surface area contributed by atoms with Crippen LogP contribution in [0.1, 0.15) is 33.3 Å². The molecule has 0 aliphatic rings. The summed E-state index contributed by atoms with van der Waals surface area (Å²) in [5.41, 5.74) is 6.31. The Hall–Kier alpha value is -1.26. The Balaban J connectivity index is 0.00000400. The average molecular weight is 315 g/mol. The van der Waals surface area contributed by atoms with Crippen LogP contribution in [0.2, 0.25) is 0 Å². The minimum absolute atomic E-state index is 0. The first kappa shape index (κ1) is 19.7. The number of nitrogens with one attached hydrogen (secondary N) is 1. The number of hydrogen-bond acceptors (Lipinski definition) is 3. The molecule has 0 aliphatic heterocycles. The molecule has 0 saturated heterocycles. The second-order valence-electron chi connectivity index (χ2n) is 6.09. The van der Waals surface area contributed by atoms with Gasteiger partial charge in [0, 0.05) is 12.0 Å². The zero-order valence-corrected chi connectivity index (χ0v) is 14.1. The van der Waals surface area contributed by atoms with Gasteiger partial charge < -0.3 is 15.8 Å². The fourth-order valence-electron chi connectivity index (χ4n) is 1.76. The van der Waals surface area contributed by atoms with Crippen molar-refractivity contribution in [3.05, 3.63) is 29.8 Å². The number of carbonyl (C=O) groups is 1. The molecule has 0 aliphatic carbocycles. The summed E-state index contributed by atoms with van der Waals surface area (Å²) in [6.07, 6.45) is 0. The van der Waals surface area contributed by atoms with Gasteiger partial charge in [0.05, 0.1) is 13.2 Å². The number of ether oxygens (including phenoxy) is 1. The van der Waals surface area contributed by atoms with Gasteiger partial charge in [-0.2, -0.15) is 0 Å². The third-order valence-electron chi connectivity index (χ3n) is 3.13. The van der Waals surface area contributed by atoms with Crippen molar-refractivity contribution in [1.29, 1.82) is 0 Å². The van der Waals surface area contributed by atoms with Crippen LogP contribution in [0.5, 0.6) is 5.75 Å². The Morgan fingerprint density at radius 2 is 1.86 bits per heavy atom. The Bertz CT molecular complexity index is 430. The summed E-state index contributed by atoms with van der Waals surface area (Å²) < 4.78 is 5.66. The summed E-state index contributed by atoms with van der Waals surface area (Å²) in [5.74, 6) is 1.26. The summed E-state index contributed by atoms with van der Waals surface area (Å²) in [5, 5.41) is 2.83. The minimum Gasteiger partial charge on any atom is -0.493 e. The van der Waals surface area contributed by atoms with E-state index < -0.39 is 0 Å². The van der Waals surface area contributed by atoms with Gasteiger partial charge in [-0.05, 0) is 23.6 Å². The Morgan fingerprint density at radius 1 is 1.29 bits per heavy atom. The molecular weight excluding hydrogens is 288 g/mol. The molecule has 1 rings (SSSR count). The highest BCUT2D eigenvalue weighted by Crippen LogP contribution is 2.24. The van der Waals surface area contributed by atoms with Crippen LogP contribution in [-0.4, -0.2) is 25.6 Å². The third kappa shape index (κ3) is 6.82. The first-order valence-electron chi connectivity index (χ1n) is 7.05. The summed E-state index contributed by atoms with van der Waals surface area (Å²) in [7, 11) is 0. The second-order valence-corrected chi connectivity index (χ2v) is 6.09. The van der Waals surface area contributed by atoms with Gasteiger partial charge in [0.15, 0.2) is 0 Å². The van der Waals surface area contributed by atoms with Crippen molar-refractivity contribution in [3.8, 4) is 5.75 Å². The van der Waals surface area contributed by atoms with Crippen LogP contribution >= 0.6 is 12.4 Å². The highest BCUT2D eigenvalue weighted by Gasteiger charge is 2.21. The molecular formula is C16H27ClN2O2. The lowest BCUT2D eigenvalue weighted by atomic mass is 9.84. The van der Waals surface area contributed by atoms with Gasteiger partial charge in [-0.1, -0.05) is 39.8 Å². The zero-order valence-electron chi connectivity index (χ0n) is 13.3. The highest BCUT2D eigenvalue weighted by molar-refractivity contribution is 5.85. The van der Waals surface area contributed by atoms with Gasteiger partial charge in [0.2, 0.25) is 5.91 Å². The van der Waals surface area contributed by atoms with Crippen LogP contribution in [0.4, 0.5) is 0 Å². The maximum Gasteiger partial charge on any atom is 0.233 e. The first-order valence-corrected chi connectivity index (χ1v) is 7.05. The molecule has 0 atom stereocenters. The van der Waals surface area contributed by atoms with Gasteiger partial charge in [-0.15, -0.1) is 12.4 Å². The summed E-state index contributed by atoms with van der Waals surface area (Å²) in [4.78, 5) is 11.2. The Morgan fingerprint density at radius 3 is 2.33 bits per heavy atom. The Labute approximate surface area is 133 Å². The van der Waals surface area contributed by atoms with E-state index in [0.717, 1.165) is 17.9 Å². The van der Waals surface area contributed by atoms with Crippen molar-refractivity contribution < 1.29 is 9.53 Å². The summed E-state index contributed by atoms with van der Waals surface area (Å²) >= 11 is 0. The van der Waals surface area contributed by atoms with Crippen molar-refractivity contribution in [1.82, 2.24) is 5.32 Å². The predicted molar refractivity (Wildman–Crippen MR) is 89.1 cm³/mol. The molecule has 1 aromatic carbocycles. The van der Waals surface area contributed by atoms with E-state index >= 15 is 0 Å². The lowest BCUT2D eigenvalue weighted by Crippen LogP contribution is -2.39. The zero-order chi connectivity index (χ0) is 15.2. The van der Waals surface area contributed by atoms with Crippen molar-refractivity contribution >= 4 is 18.3 Å². The number of benzene rings is 1. The monoisotopic (exact) mass is 314 g/mol. The van der Waals surface area contributed by atoms with Gasteiger partial charge in [-0.25, -0.2) is 0 Å². The van der Waals surface area contributed by atoms with Crippen molar-refractivity contribution in [2.45, 2.75) is 33.1 Å². The number of halogens is 1. The van der Waals surface area contributed by atoms with Crippen LogP contribution in [0.25, 0.3) is 0 Å². The number of hydrogen-bond donors (Lipinski definition) is 2. The number of nitrogens with two attached hydrogens (primary N) is 1. The molecule has 3 N–H and O–H groups in total. The lowest BCUT2D eigenvalue weighted by Gasteiger charge is -2.26. The number of rotatable bonds is 7. The van der Waals surface area contributed by atoms with E-state index in [2.05, 4.69) is 33.0 Å². The fraction of sp³-hybridized carbons (Fsp3) is 0.562. The topological polar surface area (TPSA) is 64.3 Å². The lowest BCUT2D eigenvalue weighted by molar-refractivity contribution is -0.119. The standard InChI is InChI=1S/C16H26N2O2.ClH/c1-12(2)10-20-14-7-5-13(6-8-14)16(3,4)11-18-15(19)9-17;/h5-8,12H,9-11,17H2,1-4H3,(H,18,19);1H. The second kappa shape index (κ2) is 8.90. The van der Waals surface area contributed by atoms with E-state index in [9.17, 15) is 4.79 Å². The van der Waals surface area contributed by atoms with E-state index in [1.807, 2.05) is 24.3 Å². The van der Waals surface area contributed by atoms with E-state index in [1.54, 1.807) is 0 Å². The molecule has 5 heteroatoms. The van der Waals surface area contributed by atoms with Crippen molar-refractivity contribution in [2.24, 2.45) is 11.7 Å². The molecule has 4 nitrogen and oxygen atoms in total. The van der Waals surface area contributed by atoms with Gasteiger partial charge >= 0.3 is 0 Å². The van der Waals surface area contributed by atoms with Crippen LogP contribution in [0.3, 0.4) is 0 Å². The first-order chi connectivity index (χ1) is 9.35. The predicted octanol–water partition coefficient (Wildman–Crippen LogP) is 2.50. The molecule has 0 spiro atoms. The van der Waals surface area contributed by atoms with E-state index in [4.69, 9.17) is 10.5 Å². The molecule has 1 aromatic rings. The molecule has 21 heavy (non-hydrogen) atoms. The Kier molecular flexibility index (Phi) is 8.37. The summed E-state index contributed by atoms with van der Waals surface area (Å²) in [6, 6.07) is 8.04. The van der Waals surface area contributed by atoms with E-state index in [-0.39, 0.29) is 30.3 Å². The maximum atomic E-state index is 11.2. The maximum absolute atomic E-state index is 11.2. The molecule has 0 heterocycles. The van der Waals surface area contributed by atoms with Crippen LogP contribution in [0, 0.1) is 5.92 Å². The average Bonchev–Trinajstić information content (AvgIpc) is 2.43. The molecule has 0 bridgehead atoms. The largest absolute Gasteiger partial charge is 0.493 e. The number of carbonyl (C=O) groups excluding carboxylic acids is 1. The van der Waals surface area contributed by atoms with Crippen molar-refractivity contribution in [3.63, 3.8) is 0 Å². The molecule has 0 saturated carbocycles. The highest BCUT2D eigenvalue weighted by atomic mass is 35.5. The number of amides is 1. The van der Waals surface area contributed by atoms with Gasteiger partial charge in [0.25, 0.3) is 0 Å². The molecule has 120 valence electrons. The van der Waals surface area contributed by atoms with Crippen LogP contribution in [-0.2, 0) is 10.2 Å². The van der Waals surface area contributed by atoms with Crippen molar-refractivity contribution in [2.75, 3.05) is 19.7 Å². The third-order valence-corrected chi connectivity index (χ3v) is 3.13. The van der Waals surface area contributed by atoms with Crippen LogP contribution < -0.4 is 15.8 Å². The summed E-state index contributed by atoms with van der Waals surface area (Å²) in [6.45, 7) is 9.74. The normalized spacial score (nSPS) is 11.0. The fourth-order valence-corrected chi connectivity index (χ4v) is 1.76. The molecule has 1 amide bonds.